The van der Waals surface area contributed by atoms with E-state index in [0.29, 0.717) is 0 Å². The minimum absolute atomic E-state index is 0. The Morgan fingerprint density at radius 2 is 1.07 bits per heavy atom. The van der Waals surface area contributed by atoms with Crippen LogP contribution in [0.4, 0.5) is 0 Å². The van der Waals surface area contributed by atoms with Crippen LogP contribution < -0.4 is 15.9 Å². The molecule has 160 valence electrons. The Balaban J connectivity index is 0.000000827. The number of hydrogen-bond donors (Lipinski definition) is 2. The molecule has 0 aliphatic carbocycles. The van der Waals surface area contributed by atoms with Crippen molar-refractivity contribution in [3.05, 3.63) is 103 Å². The van der Waals surface area contributed by atoms with Crippen molar-refractivity contribution in [2.24, 2.45) is 0 Å². The van der Waals surface area contributed by atoms with E-state index < -0.39 is 7.26 Å². The van der Waals surface area contributed by atoms with Gasteiger partial charge in [-0.1, -0.05) is 0 Å². The van der Waals surface area contributed by atoms with Crippen LogP contribution in [0.3, 0.4) is 0 Å². The number of rotatable bonds is 7. The van der Waals surface area contributed by atoms with Crippen LogP contribution in [-0.4, -0.2) is 35.9 Å². The van der Waals surface area contributed by atoms with Crippen molar-refractivity contribution in [2.75, 3.05) is 19.4 Å². The second-order valence-corrected chi connectivity index (χ2v) is 10.7. The molecule has 0 amide bonds. The quantitative estimate of drug-likeness (QED) is 0.304. The fourth-order valence-electron chi connectivity index (χ4n) is 3.38. The first-order chi connectivity index (χ1) is 14.2. The third kappa shape index (κ3) is 6.72. The minimum atomic E-state index is -2.24. The molecular formula is C25H30BrO3P. The van der Waals surface area contributed by atoms with Crippen molar-refractivity contribution in [1.29, 1.82) is 0 Å². The molecule has 0 saturated heterocycles. The van der Waals surface area contributed by atoms with Crippen molar-refractivity contribution < 1.29 is 15.0 Å². The Bertz CT molecular complexity index is 785. The number of aldehydes is 1. The number of carbonyl (C=O) groups is 1. The van der Waals surface area contributed by atoms with Crippen molar-refractivity contribution in [3.63, 3.8) is 0 Å². The zero-order chi connectivity index (χ0) is 21.0. The molecule has 3 rings (SSSR count). The smallest absolute Gasteiger partial charge is 0.0662 e. The van der Waals surface area contributed by atoms with E-state index in [1.807, 2.05) is 6.92 Å². The van der Waals surface area contributed by atoms with Gasteiger partial charge in [-0.3, -0.25) is 0 Å². The van der Waals surface area contributed by atoms with Gasteiger partial charge in [-0.05, 0) is 0 Å². The minimum Gasteiger partial charge on any atom is -0.394 e. The Labute approximate surface area is 190 Å². The van der Waals surface area contributed by atoms with E-state index in [1.165, 1.54) is 15.9 Å². The van der Waals surface area contributed by atoms with Gasteiger partial charge in [0.15, 0.2) is 0 Å². The molecule has 0 spiro atoms. The number of aliphatic hydroxyl groups is 2. The van der Waals surface area contributed by atoms with E-state index in [1.54, 1.807) is 0 Å². The Kier molecular flexibility index (Phi) is 12.1. The molecule has 0 unspecified atom stereocenters. The summed E-state index contributed by atoms with van der Waals surface area (Å²) in [6, 6.07) is 32.2. The van der Waals surface area contributed by atoms with Gasteiger partial charge in [-0.2, -0.15) is 0 Å². The number of halogens is 1. The third-order valence-electron chi connectivity index (χ3n) is 4.82. The van der Waals surface area contributed by atoms with Crippen LogP contribution in [0, 0.1) is 0 Å². The summed E-state index contributed by atoms with van der Waals surface area (Å²) in [6.07, 6.45) is 3.92. The third-order valence-corrected chi connectivity index (χ3v) is 9.59. The molecule has 0 bridgehead atoms. The van der Waals surface area contributed by atoms with E-state index in [9.17, 15) is 4.79 Å². The predicted molar refractivity (Wildman–Crippen MR) is 136 cm³/mol. The van der Waals surface area contributed by atoms with Gasteiger partial charge in [0.25, 0.3) is 0 Å². The van der Waals surface area contributed by atoms with Crippen molar-refractivity contribution >= 4 is 46.4 Å². The van der Waals surface area contributed by atoms with Gasteiger partial charge in [0, 0.05) is 0 Å². The van der Waals surface area contributed by atoms with Gasteiger partial charge in [0.1, 0.15) is 0 Å². The number of allylic oxidation sites excluding steroid dienone is 2. The normalized spacial score (nSPS) is 11.5. The molecule has 0 aliphatic rings. The number of carbonyl (C=O) groups excluding carboxylic acids is 1. The summed E-state index contributed by atoms with van der Waals surface area (Å²) >= 11 is 0. The summed E-state index contributed by atoms with van der Waals surface area (Å²) in [4.78, 5) is 11.2. The molecule has 0 atom stereocenters. The Morgan fingerprint density at radius 1 is 0.733 bits per heavy atom. The molecule has 0 radical (unpaired) electrons. The summed E-state index contributed by atoms with van der Waals surface area (Å²) in [6.45, 7) is 1.63. The van der Waals surface area contributed by atoms with Gasteiger partial charge in [0.05, 0.1) is 13.2 Å². The molecule has 0 aromatic heterocycles. The fourth-order valence-corrected chi connectivity index (χ4v) is 8.00. The first-order valence-electron chi connectivity index (χ1n) is 9.69. The average Bonchev–Trinajstić information content (AvgIpc) is 2.81. The van der Waals surface area contributed by atoms with Crippen LogP contribution in [0.15, 0.2) is 103 Å². The van der Waals surface area contributed by atoms with Crippen molar-refractivity contribution in [2.45, 2.75) is 6.92 Å². The van der Waals surface area contributed by atoms with E-state index in [0.717, 1.165) is 18.0 Å². The maximum Gasteiger partial charge on any atom is 0.0662 e. The standard InChI is InChI=1S/C23H23OP.C2H6O2.BrH/c1-20(19-24)17-18-25(21-11-5-2-6-12-21,22-13-7-3-8-14-22)23-15-9-4-10-16-23;3-1-2-4;/h2-17,19,25H,18H2,1H3;3-4H,1-2H2;1H. The zero-order valence-electron chi connectivity index (χ0n) is 17.1. The molecule has 3 nitrogen and oxygen atoms in total. The van der Waals surface area contributed by atoms with Crippen LogP contribution in [0.5, 0.6) is 0 Å². The van der Waals surface area contributed by atoms with Crippen LogP contribution in [-0.2, 0) is 4.79 Å². The van der Waals surface area contributed by atoms with Crippen molar-refractivity contribution in [1.82, 2.24) is 0 Å². The first-order valence-corrected chi connectivity index (χ1v) is 11.9. The van der Waals surface area contributed by atoms with Gasteiger partial charge in [0.2, 0.25) is 0 Å². The zero-order valence-corrected chi connectivity index (χ0v) is 19.9. The first kappa shape index (κ1) is 25.9. The maximum atomic E-state index is 11.2. The van der Waals surface area contributed by atoms with Crippen LogP contribution in [0.2, 0.25) is 0 Å². The van der Waals surface area contributed by atoms with E-state index in [2.05, 4.69) is 97.1 Å². The molecule has 5 heteroatoms. The summed E-state index contributed by atoms with van der Waals surface area (Å²) in [7, 11) is -2.24. The van der Waals surface area contributed by atoms with Gasteiger partial charge in [-0.25, -0.2) is 0 Å². The van der Waals surface area contributed by atoms with Crippen LogP contribution in [0.25, 0.3) is 0 Å². The summed E-state index contributed by atoms with van der Waals surface area (Å²) in [5.41, 5.74) is 0.791. The second kappa shape index (κ2) is 14.0. The fraction of sp³-hybridized carbons (Fsp3) is 0.160. The maximum absolute atomic E-state index is 11.2. The van der Waals surface area contributed by atoms with Crippen LogP contribution >= 0.6 is 24.2 Å². The second-order valence-electron chi connectivity index (χ2n) is 6.72. The molecule has 0 heterocycles. The molecule has 30 heavy (non-hydrogen) atoms. The Morgan fingerprint density at radius 3 is 1.33 bits per heavy atom. The number of benzene rings is 3. The monoisotopic (exact) mass is 488 g/mol. The summed E-state index contributed by atoms with van der Waals surface area (Å²) in [5, 5.41) is 19.3. The topological polar surface area (TPSA) is 57.5 Å². The predicted octanol–water partition coefficient (Wildman–Crippen LogP) is 3.41. The molecule has 0 fully saturated rings. The molecule has 0 saturated carbocycles. The molecule has 0 aliphatic heterocycles. The van der Waals surface area contributed by atoms with Crippen molar-refractivity contribution in [3.8, 4) is 0 Å². The van der Waals surface area contributed by atoms with Gasteiger partial charge >= 0.3 is 150 Å². The summed E-state index contributed by atoms with van der Waals surface area (Å²) < 4.78 is 0. The molecular weight excluding hydrogens is 459 g/mol. The van der Waals surface area contributed by atoms with Gasteiger partial charge in [-0.15, -0.1) is 17.0 Å². The summed E-state index contributed by atoms with van der Waals surface area (Å²) in [5.74, 6) is 0. The SMILES string of the molecule is Br.CC(C=O)=CC[PH](c1ccccc1)(c1ccccc1)c1ccccc1.OCCO. The van der Waals surface area contributed by atoms with Crippen LogP contribution in [0.1, 0.15) is 6.92 Å². The number of aliphatic hydroxyl groups excluding tert-OH is 2. The number of hydrogen-bond acceptors (Lipinski definition) is 3. The largest absolute Gasteiger partial charge is 0.394 e. The van der Waals surface area contributed by atoms with E-state index in [-0.39, 0.29) is 30.2 Å². The molecule has 3 aromatic carbocycles. The van der Waals surface area contributed by atoms with E-state index >= 15 is 0 Å². The molecule has 2 N–H and O–H groups in total. The Hall–Kier alpha value is -2.10. The average molecular weight is 489 g/mol. The van der Waals surface area contributed by atoms with E-state index in [4.69, 9.17) is 10.2 Å². The molecule has 3 aromatic rings. The van der Waals surface area contributed by atoms with Gasteiger partial charge < -0.3 is 10.2 Å².